The van der Waals surface area contributed by atoms with Crippen molar-refractivity contribution in [3.8, 4) is 0 Å². The quantitative estimate of drug-likeness (QED) is 0.290. The Morgan fingerprint density at radius 2 is 1.50 bits per heavy atom. The summed E-state index contributed by atoms with van der Waals surface area (Å²) in [4.78, 5) is 9.55. The molecule has 0 rings (SSSR count). The molecular formula is C4H10O4S2. The molecule has 0 aromatic rings. The van der Waals surface area contributed by atoms with E-state index < -0.39 is 10.6 Å². The van der Waals surface area contributed by atoms with E-state index in [4.69, 9.17) is 15.3 Å². The SMILES string of the molecule is O=C(O)C(S)S.OCCO. The molecule has 0 aliphatic rings. The van der Waals surface area contributed by atoms with Gasteiger partial charge in [-0.25, -0.2) is 0 Å². The number of aliphatic carboxylic acids is 1. The molecule has 0 aromatic heterocycles. The molecule has 0 fully saturated rings. The Kier molecular flexibility index (Phi) is 11.6. The highest BCUT2D eigenvalue weighted by molar-refractivity contribution is 8.00. The molecule has 62 valence electrons. The van der Waals surface area contributed by atoms with Crippen molar-refractivity contribution < 1.29 is 20.1 Å². The topological polar surface area (TPSA) is 77.8 Å². The maximum Gasteiger partial charge on any atom is 0.326 e. The van der Waals surface area contributed by atoms with Crippen molar-refractivity contribution in [2.45, 2.75) is 4.58 Å². The fourth-order valence-electron chi connectivity index (χ4n) is 0. The summed E-state index contributed by atoms with van der Waals surface area (Å²) < 4.78 is -0.843. The van der Waals surface area contributed by atoms with Crippen LogP contribution in [0.2, 0.25) is 0 Å². The lowest BCUT2D eigenvalue weighted by Crippen LogP contribution is -2.04. The fourth-order valence-corrected chi connectivity index (χ4v) is 0. The summed E-state index contributed by atoms with van der Waals surface area (Å²) in [7, 11) is 0. The van der Waals surface area contributed by atoms with E-state index in [1.54, 1.807) is 0 Å². The standard InChI is InChI=1S/C2H4O2S2.C2H6O2/c3-1(4)2(5)6;3-1-2-4/h2,5-6H,(H,3,4);3-4H,1-2H2. The minimum absolute atomic E-state index is 0.125. The zero-order chi connectivity index (χ0) is 8.57. The number of thiol groups is 2. The molecule has 0 saturated carbocycles. The van der Waals surface area contributed by atoms with Crippen LogP contribution < -0.4 is 0 Å². The van der Waals surface area contributed by atoms with Gasteiger partial charge in [0, 0.05) is 0 Å². The van der Waals surface area contributed by atoms with Crippen LogP contribution in [0, 0.1) is 0 Å². The highest BCUT2D eigenvalue weighted by atomic mass is 32.2. The van der Waals surface area contributed by atoms with Crippen LogP contribution in [0.5, 0.6) is 0 Å². The van der Waals surface area contributed by atoms with Gasteiger partial charge < -0.3 is 15.3 Å². The van der Waals surface area contributed by atoms with Gasteiger partial charge in [-0.3, -0.25) is 4.79 Å². The molecule has 0 unspecified atom stereocenters. The second-order valence-corrected chi connectivity index (χ2v) is 2.60. The van der Waals surface area contributed by atoms with Crippen LogP contribution in [0.4, 0.5) is 0 Å². The van der Waals surface area contributed by atoms with Crippen molar-refractivity contribution in [2.24, 2.45) is 0 Å². The number of carboxylic acid groups (broad SMARTS) is 1. The maximum atomic E-state index is 9.55. The van der Waals surface area contributed by atoms with Crippen LogP contribution in [-0.2, 0) is 4.79 Å². The van der Waals surface area contributed by atoms with Gasteiger partial charge in [-0.1, -0.05) is 0 Å². The lowest BCUT2D eigenvalue weighted by atomic mass is 10.8. The van der Waals surface area contributed by atoms with Crippen LogP contribution in [-0.4, -0.2) is 39.1 Å². The van der Waals surface area contributed by atoms with Crippen molar-refractivity contribution in [2.75, 3.05) is 13.2 Å². The van der Waals surface area contributed by atoms with E-state index in [9.17, 15) is 4.79 Å². The first-order valence-electron chi connectivity index (χ1n) is 2.37. The Morgan fingerprint density at radius 1 is 1.30 bits per heavy atom. The van der Waals surface area contributed by atoms with E-state index in [0.29, 0.717) is 0 Å². The zero-order valence-corrected chi connectivity index (χ0v) is 6.92. The van der Waals surface area contributed by atoms with E-state index in [-0.39, 0.29) is 13.2 Å². The first-order valence-corrected chi connectivity index (χ1v) is 3.40. The number of rotatable bonds is 2. The average Bonchev–Trinajstić information content (AvgIpc) is 1.89. The van der Waals surface area contributed by atoms with Crippen molar-refractivity contribution in [3.63, 3.8) is 0 Å². The minimum atomic E-state index is -1.01. The maximum absolute atomic E-state index is 9.55. The van der Waals surface area contributed by atoms with Gasteiger partial charge in [0.25, 0.3) is 0 Å². The smallest absolute Gasteiger partial charge is 0.326 e. The van der Waals surface area contributed by atoms with Crippen LogP contribution >= 0.6 is 25.3 Å². The predicted molar refractivity (Wildman–Crippen MR) is 43.6 cm³/mol. The van der Waals surface area contributed by atoms with Crippen molar-refractivity contribution in [3.05, 3.63) is 0 Å². The van der Waals surface area contributed by atoms with Crippen molar-refractivity contribution in [1.82, 2.24) is 0 Å². The third-order valence-corrected chi connectivity index (χ3v) is 0.763. The molecule has 0 saturated heterocycles. The Labute approximate surface area is 69.7 Å². The molecule has 3 N–H and O–H groups in total. The van der Waals surface area contributed by atoms with Crippen LogP contribution in [0.25, 0.3) is 0 Å². The monoisotopic (exact) mass is 186 g/mol. The summed E-state index contributed by atoms with van der Waals surface area (Å²) >= 11 is 6.92. The first kappa shape index (κ1) is 12.7. The molecule has 0 aromatic carbocycles. The van der Waals surface area contributed by atoms with E-state index in [2.05, 4.69) is 25.3 Å². The summed E-state index contributed by atoms with van der Waals surface area (Å²) in [5.74, 6) is -1.01. The van der Waals surface area contributed by atoms with Gasteiger partial charge in [-0.15, -0.1) is 0 Å². The molecule has 0 spiro atoms. The number of aliphatic hydroxyl groups excluding tert-OH is 2. The third-order valence-electron chi connectivity index (χ3n) is 0.321. The van der Waals surface area contributed by atoms with Gasteiger partial charge >= 0.3 is 5.97 Å². The van der Waals surface area contributed by atoms with Crippen molar-refractivity contribution in [1.29, 1.82) is 0 Å². The molecule has 4 nitrogen and oxygen atoms in total. The van der Waals surface area contributed by atoms with Crippen LogP contribution in [0.15, 0.2) is 0 Å². The van der Waals surface area contributed by atoms with Gasteiger partial charge in [0.15, 0.2) is 0 Å². The van der Waals surface area contributed by atoms with E-state index in [0.717, 1.165) is 0 Å². The summed E-state index contributed by atoms with van der Waals surface area (Å²) in [6, 6.07) is 0. The molecule has 0 bridgehead atoms. The van der Waals surface area contributed by atoms with Crippen LogP contribution in [0.1, 0.15) is 0 Å². The Morgan fingerprint density at radius 3 is 1.50 bits per heavy atom. The van der Waals surface area contributed by atoms with E-state index in [1.807, 2.05) is 0 Å². The average molecular weight is 186 g/mol. The van der Waals surface area contributed by atoms with E-state index >= 15 is 0 Å². The summed E-state index contributed by atoms with van der Waals surface area (Å²) in [6.07, 6.45) is 0. The Hall–Kier alpha value is 0.0900. The van der Waals surface area contributed by atoms with Gasteiger partial charge in [0.05, 0.1) is 13.2 Å². The first-order chi connectivity index (χ1) is 4.56. The summed E-state index contributed by atoms with van der Waals surface area (Å²) in [5, 5.41) is 23.1. The molecule has 0 amide bonds. The summed E-state index contributed by atoms with van der Waals surface area (Å²) in [5.41, 5.74) is 0. The lowest BCUT2D eigenvalue weighted by molar-refractivity contribution is -0.134. The third kappa shape index (κ3) is 15.7. The van der Waals surface area contributed by atoms with Crippen molar-refractivity contribution >= 4 is 31.2 Å². The Balaban J connectivity index is 0. The lowest BCUT2D eigenvalue weighted by Gasteiger charge is -1.87. The summed E-state index contributed by atoms with van der Waals surface area (Å²) in [6.45, 7) is -0.250. The number of carboxylic acids is 1. The van der Waals surface area contributed by atoms with Gasteiger partial charge in [0.2, 0.25) is 0 Å². The molecule has 10 heavy (non-hydrogen) atoms. The molecule has 0 atom stereocenters. The molecule has 0 radical (unpaired) electrons. The molecule has 0 heterocycles. The Bertz CT molecular complexity index is 83.3. The highest BCUT2D eigenvalue weighted by Crippen LogP contribution is 1.96. The largest absolute Gasteiger partial charge is 0.480 e. The van der Waals surface area contributed by atoms with E-state index in [1.165, 1.54) is 0 Å². The number of aliphatic hydroxyl groups is 2. The second-order valence-electron chi connectivity index (χ2n) is 1.16. The highest BCUT2D eigenvalue weighted by Gasteiger charge is 2.01. The number of hydrogen-bond donors (Lipinski definition) is 5. The van der Waals surface area contributed by atoms with Gasteiger partial charge in [-0.2, -0.15) is 25.3 Å². The van der Waals surface area contributed by atoms with Crippen LogP contribution in [0.3, 0.4) is 0 Å². The zero-order valence-electron chi connectivity index (χ0n) is 5.14. The van der Waals surface area contributed by atoms with Gasteiger partial charge in [0.1, 0.15) is 4.58 Å². The normalized spacial score (nSPS) is 8.50. The molecule has 0 aliphatic heterocycles. The molecule has 6 heteroatoms. The number of carbonyl (C=O) groups is 1. The second kappa shape index (κ2) is 9.09. The molecule has 0 aliphatic carbocycles. The fraction of sp³-hybridized carbons (Fsp3) is 0.750. The number of hydrogen-bond acceptors (Lipinski definition) is 5. The van der Waals surface area contributed by atoms with Gasteiger partial charge in [-0.05, 0) is 0 Å². The predicted octanol–water partition coefficient (Wildman–Crippen LogP) is -0.772. The molecular weight excluding hydrogens is 176 g/mol. The minimum Gasteiger partial charge on any atom is -0.480 e.